The molecule has 0 spiro atoms. The summed E-state index contributed by atoms with van der Waals surface area (Å²) in [5, 5.41) is 12.7. The minimum Gasteiger partial charge on any atom is -0.502 e. The molecule has 1 fully saturated rings. The molecule has 1 aromatic rings. The Bertz CT molecular complexity index is 452. The molecule has 0 saturated carbocycles. The Kier molecular flexibility index (Phi) is 4.99. The van der Waals surface area contributed by atoms with E-state index in [1.54, 1.807) is 0 Å². The molecular weight excluding hydrogens is 244 g/mol. The SMILES string of the molecule is CCN(Cc1cc(=O)c(O)co1)CC1CCCCN1. The first kappa shape index (κ1) is 14.1. The highest BCUT2D eigenvalue weighted by Crippen LogP contribution is 2.11. The van der Waals surface area contributed by atoms with Crippen LogP contribution in [0.25, 0.3) is 0 Å². The van der Waals surface area contributed by atoms with Gasteiger partial charge in [-0.2, -0.15) is 0 Å². The van der Waals surface area contributed by atoms with Crippen LogP contribution in [0.4, 0.5) is 0 Å². The molecule has 1 aliphatic heterocycles. The largest absolute Gasteiger partial charge is 0.502 e. The molecule has 0 aliphatic carbocycles. The van der Waals surface area contributed by atoms with Crippen LogP contribution in [0.2, 0.25) is 0 Å². The van der Waals surface area contributed by atoms with Crippen LogP contribution in [0.3, 0.4) is 0 Å². The van der Waals surface area contributed by atoms with Gasteiger partial charge in [0.15, 0.2) is 5.75 Å². The zero-order valence-corrected chi connectivity index (χ0v) is 11.4. The summed E-state index contributed by atoms with van der Waals surface area (Å²) in [5.74, 6) is 0.265. The minimum absolute atomic E-state index is 0.333. The van der Waals surface area contributed by atoms with Gasteiger partial charge in [0.05, 0.1) is 6.54 Å². The van der Waals surface area contributed by atoms with Crippen molar-refractivity contribution in [2.24, 2.45) is 0 Å². The third-order valence-corrected chi connectivity index (χ3v) is 3.58. The molecule has 1 atom stereocenters. The number of rotatable bonds is 5. The number of nitrogens with zero attached hydrogens (tertiary/aromatic N) is 1. The molecule has 1 aliphatic rings. The zero-order valence-electron chi connectivity index (χ0n) is 11.4. The van der Waals surface area contributed by atoms with Crippen LogP contribution in [0.5, 0.6) is 5.75 Å². The average Bonchev–Trinajstić information content (AvgIpc) is 2.43. The van der Waals surface area contributed by atoms with Crippen LogP contribution in [-0.2, 0) is 6.54 Å². The van der Waals surface area contributed by atoms with Crippen molar-refractivity contribution < 1.29 is 9.52 Å². The Morgan fingerprint density at radius 2 is 2.37 bits per heavy atom. The van der Waals surface area contributed by atoms with Crippen LogP contribution in [0, 0.1) is 0 Å². The van der Waals surface area contributed by atoms with Crippen molar-refractivity contribution in [1.29, 1.82) is 0 Å². The van der Waals surface area contributed by atoms with E-state index in [1.165, 1.54) is 25.3 Å². The smallest absolute Gasteiger partial charge is 0.226 e. The second kappa shape index (κ2) is 6.73. The molecule has 2 heterocycles. The van der Waals surface area contributed by atoms with Gasteiger partial charge in [-0.3, -0.25) is 9.69 Å². The number of hydrogen-bond donors (Lipinski definition) is 2. The number of aromatic hydroxyl groups is 1. The fourth-order valence-electron chi connectivity index (χ4n) is 2.44. The topological polar surface area (TPSA) is 65.7 Å². The molecule has 19 heavy (non-hydrogen) atoms. The van der Waals surface area contributed by atoms with Crippen LogP contribution in [-0.4, -0.2) is 35.7 Å². The number of nitrogens with one attached hydrogen (secondary N) is 1. The fourth-order valence-corrected chi connectivity index (χ4v) is 2.44. The van der Waals surface area contributed by atoms with E-state index >= 15 is 0 Å². The molecule has 1 unspecified atom stereocenters. The van der Waals surface area contributed by atoms with Crippen molar-refractivity contribution in [3.05, 3.63) is 28.3 Å². The molecule has 2 N–H and O–H groups in total. The highest BCUT2D eigenvalue weighted by Gasteiger charge is 2.16. The lowest BCUT2D eigenvalue weighted by atomic mass is 10.0. The molecule has 0 amide bonds. The van der Waals surface area contributed by atoms with Gasteiger partial charge in [-0.05, 0) is 25.9 Å². The summed E-state index contributed by atoms with van der Waals surface area (Å²) in [6.45, 7) is 5.66. The Labute approximate surface area is 113 Å². The summed E-state index contributed by atoms with van der Waals surface area (Å²) in [6, 6.07) is 1.89. The zero-order chi connectivity index (χ0) is 13.7. The monoisotopic (exact) mass is 266 g/mol. The van der Waals surface area contributed by atoms with E-state index in [1.807, 2.05) is 0 Å². The second-order valence-corrected chi connectivity index (χ2v) is 5.07. The minimum atomic E-state index is -0.381. The Morgan fingerprint density at radius 3 is 3.00 bits per heavy atom. The van der Waals surface area contributed by atoms with E-state index < -0.39 is 0 Å². The molecule has 5 heteroatoms. The van der Waals surface area contributed by atoms with Crippen molar-refractivity contribution in [2.45, 2.75) is 38.8 Å². The van der Waals surface area contributed by atoms with Crippen molar-refractivity contribution in [3.63, 3.8) is 0 Å². The van der Waals surface area contributed by atoms with E-state index in [9.17, 15) is 4.79 Å². The maximum absolute atomic E-state index is 11.4. The molecule has 2 rings (SSSR count). The van der Waals surface area contributed by atoms with Gasteiger partial charge in [0.2, 0.25) is 5.43 Å². The third kappa shape index (κ3) is 4.08. The van der Waals surface area contributed by atoms with Gasteiger partial charge in [0.25, 0.3) is 0 Å². The van der Waals surface area contributed by atoms with E-state index in [4.69, 9.17) is 9.52 Å². The first-order valence-electron chi connectivity index (χ1n) is 6.95. The molecular formula is C14H22N2O3. The van der Waals surface area contributed by atoms with E-state index in [-0.39, 0.29) is 11.2 Å². The quantitative estimate of drug-likeness (QED) is 0.841. The van der Waals surface area contributed by atoms with Crippen LogP contribution >= 0.6 is 0 Å². The number of hydrogen-bond acceptors (Lipinski definition) is 5. The van der Waals surface area contributed by atoms with E-state index in [0.29, 0.717) is 18.3 Å². The molecule has 0 aromatic carbocycles. The normalized spacial score (nSPS) is 19.8. The second-order valence-electron chi connectivity index (χ2n) is 5.07. The molecule has 0 radical (unpaired) electrons. The lowest BCUT2D eigenvalue weighted by Crippen LogP contribution is -2.43. The Balaban J connectivity index is 1.93. The van der Waals surface area contributed by atoms with Crippen molar-refractivity contribution >= 4 is 0 Å². The first-order valence-corrected chi connectivity index (χ1v) is 6.95. The summed E-state index contributed by atoms with van der Waals surface area (Å²) in [7, 11) is 0. The third-order valence-electron chi connectivity index (χ3n) is 3.58. The van der Waals surface area contributed by atoms with Gasteiger partial charge >= 0.3 is 0 Å². The van der Waals surface area contributed by atoms with Gasteiger partial charge < -0.3 is 14.8 Å². The van der Waals surface area contributed by atoms with Gasteiger partial charge in [-0.15, -0.1) is 0 Å². The summed E-state index contributed by atoms with van der Waals surface area (Å²) < 4.78 is 5.25. The van der Waals surface area contributed by atoms with Crippen molar-refractivity contribution in [3.8, 4) is 5.75 Å². The van der Waals surface area contributed by atoms with Gasteiger partial charge in [-0.1, -0.05) is 13.3 Å². The molecule has 106 valence electrons. The summed E-state index contributed by atoms with van der Waals surface area (Å²) >= 11 is 0. The number of piperidine rings is 1. The summed E-state index contributed by atoms with van der Waals surface area (Å²) in [6.07, 6.45) is 4.86. The molecule has 5 nitrogen and oxygen atoms in total. The predicted octanol–water partition coefficient (Wildman–Crippen LogP) is 1.31. The van der Waals surface area contributed by atoms with Crippen LogP contribution < -0.4 is 10.7 Å². The van der Waals surface area contributed by atoms with Gasteiger partial charge in [0, 0.05) is 18.7 Å². The maximum atomic E-state index is 11.4. The van der Waals surface area contributed by atoms with Crippen molar-refractivity contribution in [2.75, 3.05) is 19.6 Å². The summed E-state index contributed by atoms with van der Waals surface area (Å²) in [4.78, 5) is 13.6. The fraction of sp³-hybridized carbons (Fsp3) is 0.643. The van der Waals surface area contributed by atoms with Crippen molar-refractivity contribution in [1.82, 2.24) is 10.2 Å². The molecule has 1 aromatic heterocycles. The lowest BCUT2D eigenvalue weighted by Gasteiger charge is -2.29. The van der Waals surface area contributed by atoms with E-state index in [0.717, 1.165) is 25.9 Å². The molecule has 0 bridgehead atoms. The Hall–Kier alpha value is -1.33. The van der Waals surface area contributed by atoms with E-state index in [2.05, 4.69) is 17.1 Å². The van der Waals surface area contributed by atoms with Gasteiger partial charge in [-0.25, -0.2) is 0 Å². The van der Waals surface area contributed by atoms with Crippen LogP contribution in [0.1, 0.15) is 31.9 Å². The predicted molar refractivity (Wildman–Crippen MR) is 73.2 cm³/mol. The Morgan fingerprint density at radius 1 is 1.53 bits per heavy atom. The molecule has 1 saturated heterocycles. The highest BCUT2D eigenvalue weighted by atomic mass is 16.4. The average molecular weight is 266 g/mol. The van der Waals surface area contributed by atoms with Gasteiger partial charge in [0.1, 0.15) is 12.0 Å². The highest BCUT2D eigenvalue weighted by molar-refractivity contribution is 5.15. The maximum Gasteiger partial charge on any atom is 0.226 e. The lowest BCUT2D eigenvalue weighted by molar-refractivity contribution is 0.209. The van der Waals surface area contributed by atoms with Crippen LogP contribution in [0.15, 0.2) is 21.5 Å². The number of likely N-dealkylation sites (N-methyl/N-ethyl adjacent to an activating group) is 1. The standard InChI is InChI=1S/C14H22N2O3/c1-2-16(8-11-5-3-4-6-15-11)9-12-7-13(17)14(18)10-19-12/h7,10-11,15,18H,2-6,8-9H2,1H3. The first-order chi connectivity index (χ1) is 9.19. The summed E-state index contributed by atoms with van der Waals surface area (Å²) in [5.41, 5.74) is -0.381.